The van der Waals surface area contributed by atoms with Crippen LogP contribution in [0, 0.1) is 10.6 Å². The number of H-pyrrole nitrogens is 1. The molecule has 2 aromatic rings. The van der Waals surface area contributed by atoms with Crippen LogP contribution in [0.5, 0.6) is 0 Å². The monoisotopic (exact) mass is 181 g/mol. The average Bonchev–Trinajstić information content (AvgIpc) is 2.07. The van der Waals surface area contributed by atoms with Gasteiger partial charge in [-0.15, -0.1) is 0 Å². The molecule has 2 heterocycles. The van der Waals surface area contributed by atoms with Gasteiger partial charge in [-0.1, -0.05) is 12.2 Å². The predicted molar refractivity (Wildman–Crippen MR) is 44.7 cm³/mol. The summed E-state index contributed by atoms with van der Waals surface area (Å²) in [5.41, 5.74) is 0.691. The molecule has 12 heavy (non-hydrogen) atoms. The predicted octanol–water partition coefficient (Wildman–Crippen LogP) is 1.83. The number of pyridine rings is 1. The quantitative estimate of drug-likeness (QED) is 0.498. The van der Waals surface area contributed by atoms with Crippen molar-refractivity contribution in [2.24, 2.45) is 0 Å². The molecule has 0 aromatic carbocycles. The summed E-state index contributed by atoms with van der Waals surface area (Å²) < 4.78 is 13.0. The van der Waals surface area contributed by atoms with E-state index in [1.165, 1.54) is 18.6 Å². The third-order valence-corrected chi connectivity index (χ3v) is 1.83. The van der Waals surface area contributed by atoms with Crippen LogP contribution in [0.2, 0.25) is 0 Å². The van der Waals surface area contributed by atoms with Crippen LogP contribution in [0.15, 0.2) is 18.6 Å². The smallest absolute Gasteiger partial charge is 0.213 e. The Bertz CT molecular complexity index is 479. The SMILES string of the molecule is Fc1cc2c(=S)nc[nH]c2cn1. The number of halogens is 1. The first-order chi connectivity index (χ1) is 5.77. The largest absolute Gasteiger partial charge is 0.344 e. The molecule has 0 spiro atoms. The van der Waals surface area contributed by atoms with Crippen LogP contribution in [0.3, 0.4) is 0 Å². The Morgan fingerprint density at radius 1 is 1.42 bits per heavy atom. The summed E-state index contributed by atoms with van der Waals surface area (Å²) in [4.78, 5) is 10.1. The Balaban J connectivity index is 2.98. The van der Waals surface area contributed by atoms with Gasteiger partial charge in [0, 0.05) is 11.5 Å². The molecule has 2 rings (SSSR count). The summed E-state index contributed by atoms with van der Waals surface area (Å²) in [5, 5.41) is 0.583. The minimum Gasteiger partial charge on any atom is -0.344 e. The highest BCUT2D eigenvalue weighted by Crippen LogP contribution is 2.09. The van der Waals surface area contributed by atoms with Crippen molar-refractivity contribution >= 4 is 23.1 Å². The molecule has 3 nitrogen and oxygen atoms in total. The van der Waals surface area contributed by atoms with Crippen LogP contribution < -0.4 is 0 Å². The number of hydrogen-bond acceptors (Lipinski definition) is 3. The van der Waals surface area contributed by atoms with Crippen LogP contribution in [-0.2, 0) is 0 Å². The number of rotatable bonds is 0. The van der Waals surface area contributed by atoms with Crippen molar-refractivity contribution in [1.82, 2.24) is 15.0 Å². The fraction of sp³-hybridized carbons (Fsp3) is 0. The summed E-state index contributed by atoms with van der Waals surface area (Å²) >= 11 is 4.89. The summed E-state index contributed by atoms with van der Waals surface area (Å²) in [6, 6.07) is 1.27. The van der Waals surface area contributed by atoms with Crippen molar-refractivity contribution in [2.45, 2.75) is 0 Å². The maximum atomic E-state index is 12.6. The van der Waals surface area contributed by atoms with E-state index in [0.29, 0.717) is 15.5 Å². The van der Waals surface area contributed by atoms with Crippen LogP contribution in [0.25, 0.3) is 10.9 Å². The molecule has 5 heteroatoms. The fourth-order valence-corrected chi connectivity index (χ4v) is 1.17. The Morgan fingerprint density at radius 3 is 3.08 bits per heavy atom. The zero-order chi connectivity index (χ0) is 8.55. The van der Waals surface area contributed by atoms with E-state index in [9.17, 15) is 4.39 Å². The van der Waals surface area contributed by atoms with Gasteiger partial charge in [0.25, 0.3) is 0 Å². The number of aromatic nitrogens is 3. The summed E-state index contributed by atoms with van der Waals surface area (Å²) in [5.74, 6) is -0.546. The highest BCUT2D eigenvalue weighted by Gasteiger charge is 1.97. The maximum absolute atomic E-state index is 12.6. The fourth-order valence-electron chi connectivity index (χ4n) is 0.952. The molecule has 0 atom stereocenters. The lowest BCUT2D eigenvalue weighted by atomic mass is 10.3. The average molecular weight is 181 g/mol. The Kier molecular flexibility index (Phi) is 1.58. The van der Waals surface area contributed by atoms with Crippen molar-refractivity contribution in [3.05, 3.63) is 29.2 Å². The lowest BCUT2D eigenvalue weighted by molar-refractivity contribution is 0.586. The minimum absolute atomic E-state index is 0.380. The van der Waals surface area contributed by atoms with E-state index >= 15 is 0 Å². The number of nitrogens with one attached hydrogen (secondary N) is 1. The summed E-state index contributed by atoms with van der Waals surface area (Å²) in [6.07, 6.45) is 2.85. The Morgan fingerprint density at radius 2 is 2.25 bits per heavy atom. The van der Waals surface area contributed by atoms with Crippen molar-refractivity contribution in [1.29, 1.82) is 0 Å². The standard InChI is InChI=1S/C7H4FN3S/c8-6-1-4-5(2-9-6)10-3-11-7(4)12/h1-3H,(H,10,11,12). The van der Waals surface area contributed by atoms with Crippen molar-refractivity contribution in [2.75, 3.05) is 0 Å². The van der Waals surface area contributed by atoms with Gasteiger partial charge in [-0.3, -0.25) is 0 Å². The van der Waals surface area contributed by atoms with E-state index < -0.39 is 5.95 Å². The Labute approximate surface area is 72.3 Å². The lowest BCUT2D eigenvalue weighted by Gasteiger charge is -1.95. The molecule has 2 aromatic heterocycles. The first-order valence-corrected chi connectivity index (χ1v) is 3.67. The van der Waals surface area contributed by atoms with Gasteiger partial charge in [0.1, 0.15) is 4.64 Å². The normalized spacial score (nSPS) is 10.4. The third-order valence-electron chi connectivity index (χ3n) is 1.50. The molecule has 0 fully saturated rings. The topological polar surface area (TPSA) is 41.6 Å². The van der Waals surface area contributed by atoms with Crippen molar-refractivity contribution < 1.29 is 4.39 Å². The van der Waals surface area contributed by atoms with Gasteiger partial charge >= 0.3 is 0 Å². The molecule has 0 unspecified atom stereocenters. The van der Waals surface area contributed by atoms with Gasteiger partial charge in [-0.05, 0) is 0 Å². The molecular weight excluding hydrogens is 177 g/mol. The van der Waals surface area contributed by atoms with Crippen LogP contribution in [-0.4, -0.2) is 15.0 Å². The second kappa shape index (κ2) is 2.60. The number of nitrogens with zero attached hydrogens (tertiary/aromatic N) is 2. The van der Waals surface area contributed by atoms with Crippen LogP contribution in [0.4, 0.5) is 4.39 Å². The molecule has 0 saturated heterocycles. The maximum Gasteiger partial charge on any atom is 0.213 e. The number of fused-ring (bicyclic) bond motifs is 1. The molecule has 0 amide bonds. The van der Waals surface area contributed by atoms with Crippen molar-refractivity contribution in [3.63, 3.8) is 0 Å². The van der Waals surface area contributed by atoms with Crippen LogP contribution in [0.1, 0.15) is 0 Å². The van der Waals surface area contributed by atoms with Crippen LogP contribution >= 0.6 is 12.2 Å². The number of aromatic amines is 1. The summed E-state index contributed by atoms with van der Waals surface area (Å²) in [7, 11) is 0. The van der Waals surface area contributed by atoms with Gasteiger partial charge < -0.3 is 4.98 Å². The third kappa shape index (κ3) is 1.08. The summed E-state index contributed by atoms with van der Waals surface area (Å²) in [6.45, 7) is 0. The van der Waals surface area contributed by atoms with Gasteiger partial charge in [0.2, 0.25) is 5.95 Å². The molecule has 0 aliphatic heterocycles. The molecule has 0 bridgehead atoms. The van der Waals surface area contributed by atoms with Crippen molar-refractivity contribution in [3.8, 4) is 0 Å². The van der Waals surface area contributed by atoms with Gasteiger partial charge in [0.15, 0.2) is 0 Å². The lowest BCUT2D eigenvalue weighted by Crippen LogP contribution is -1.87. The van der Waals surface area contributed by atoms with E-state index in [0.717, 1.165) is 0 Å². The highest BCUT2D eigenvalue weighted by atomic mass is 32.1. The second-order valence-corrected chi connectivity index (χ2v) is 2.65. The van der Waals surface area contributed by atoms with E-state index in [1.807, 2.05) is 0 Å². The van der Waals surface area contributed by atoms with E-state index in [4.69, 9.17) is 12.2 Å². The van der Waals surface area contributed by atoms with E-state index in [1.54, 1.807) is 0 Å². The minimum atomic E-state index is -0.546. The number of hydrogen-bond donors (Lipinski definition) is 1. The zero-order valence-corrected chi connectivity index (χ0v) is 6.73. The zero-order valence-electron chi connectivity index (χ0n) is 5.91. The second-order valence-electron chi connectivity index (χ2n) is 2.26. The van der Waals surface area contributed by atoms with E-state index in [2.05, 4.69) is 15.0 Å². The molecule has 0 saturated carbocycles. The molecular formula is C7H4FN3S. The Hall–Kier alpha value is -1.36. The van der Waals surface area contributed by atoms with Gasteiger partial charge in [0.05, 0.1) is 18.0 Å². The van der Waals surface area contributed by atoms with Gasteiger partial charge in [-0.2, -0.15) is 4.39 Å². The first-order valence-electron chi connectivity index (χ1n) is 3.26. The van der Waals surface area contributed by atoms with Gasteiger partial charge in [-0.25, -0.2) is 9.97 Å². The highest BCUT2D eigenvalue weighted by molar-refractivity contribution is 7.71. The first kappa shape index (κ1) is 7.30. The molecule has 0 radical (unpaired) electrons. The molecule has 60 valence electrons. The molecule has 1 N–H and O–H groups in total. The molecule has 0 aliphatic carbocycles. The van der Waals surface area contributed by atoms with E-state index in [-0.39, 0.29) is 0 Å². The molecule has 0 aliphatic rings.